The first kappa shape index (κ1) is 23.0. The van der Waals surface area contributed by atoms with Crippen molar-refractivity contribution >= 4 is 23.2 Å². The zero-order valence-corrected chi connectivity index (χ0v) is 19.1. The number of halogens is 2. The van der Waals surface area contributed by atoms with Crippen LogP contribution in [0.5, 0.6) is 11.5 Å². The minimum Gasteiger partial charge on any atom is -0.493 e. The maximum absolute atomic E-state index is 13.2. The highest BCUT2D eigenvalue weighted by Gasteiger charge is 2.27. The Morgan fingerprint density at radius 2 is 2.06 bits per heavy atom. The standard InChI is InChI=1S/C23H24ClFN4O4/c1-31-19-8-5-14(10-20(19)32-2)22-27-21(33-28-22)13-29-9-3-4-15(12-29)23(30)26-18-7-6-16(25)11-17(18)24/h5-8,10-11,15H,3-4,9,12-13H2,1-2H3,(H,26,30)/t15-/m1/s1. The summed E-state index contributed by atoms with van der Waals surface area (Å²) in [5, 5.41) is 7.05. The second kappa shape index (κ2) is 10.2. The van der Waals surface area contributed by atoms with Crippen LogP contribution >= 0.6 is 11.6 Å². The van der Waals surface area contributed by atoms with Gasteiger partial charge < -0.3 is 19.3 Å². The number of piperidine rings is 1. The van der Waals surface area contributed by atoms with Gasteiger partial charge in [-0.3, -0.25) is 9.69 Å². The van der Waals surface area contributed by atoms with Crippen molar-refractivity contribution in [2.75, 3.05) is 32.6 Å². The first-order valence-corrected chi connectivity index (χ1v) is 10.9. The zero-order chi connectivity index (χ0) is 23.4. The Morgan fingerprint density at radius 1 is 1.24 bits per heavy atom. The lowest BCUT2D eigenvalue weighted by Gasteiger charge is -2.30. The molecule has 33 heavy (non-hydrogen) atoms. The normalized spacial score (nSPS) is 16.4. The lowest BCUT2D eigenvalue weighted by molar-refractivity contribution is -0.121. The summed E-state index contributed by atoms with van der Waals surface area (Å²) in [6.07, 6.45) is 1.60. The Hall–Kier alpha value is -3.17. The molecule has 1 aliphatic heterocycles. The van der Waals surface area contributed by atoms with E-state index in [4.69, 9.17) is 25.6 Å². The molecule has 0 radical (unpaired) electrons. The van der Waals surface area contributed by atoms with E-state index in [1.54, 1.807) is 26.4 Å². The fourth-order valence-electron chi connectivity index (χ4n) is 3.84. The molecule has 1 atom stereocenters. The highest BCUT2D eigenvalue weighted by Crippen LogP contribution is 2.31. The number of rotatable bonds is 7. The van der Waals surface area contributed by atoms with Gasteiger partial charge in [0.05, 0.1) is 37.4 Å². The number of nitrogens with one attached hydrogen (secondary N) is 1. The molecule has 0 bridgehead atoms. The average molecular weight is 475 g/mol. The number of aromatic nitrogens is 2. The van der Waals surface area contributed by atoms with Crippen molar-refractivity contribution in [3.63, 3.8) is 0 Å². The summed E-state index contributed by atoms with van der Waals surface area (Å²) >= 11 is 6.03. The van der Waals surface area contributed by atoms with Gasteiger partial charge in [0.25, 0.3) is 0 Å². The third-order valence-electron chi connectivity index (χ3n) is 5.53. The Bertz CT molecular complexity index is 1140. The first-order chi connectivity index (χ1) is 16.0. The summed E-state index contributed by atoms with van der Waals surface area (Å²) in [7, 11) is 3.14. The number of methoxy groups -OCH3 is 2. The van der Waals surface area contributed by atoms with Gasteiger partial charge in [0.1, 0.15) is 5.82 Å². The molecule has 3 aromatic rings. The number of nitrogens with zero attached hydrogens (tertiary/aromatic N) is 3. The molecule has 1 saturated heterocycles. The summed E-state index contributed by atoms with van der Waals surface area (Å²) in [5.41, 5.74) is 1.14. The third-order valence-corrected chi connectivity index (χ3v) is 5.85. The molecule has 0 saturated carbocycles. The van der Waals surface area contributed by atoms with E-state index in [-0.39, 0.29) is 16.8 Å². The van der Waals surface area contributed by atoms with Crippen LogP contribution in [0, 0.1) is 11.7 Å². The fourth-order valence-corrected chi connectivity index (χ4v) is 4.06. The van der Waals surface area contributed by atoms with Crippen LogP contribution in [0.15, 0.2) is 40.9 Å². The number of benzene rings is 2. The lowest BCUT2D eigenvalue weighted by atomic mass is 9.97. The van der Waals surface area contributed by atoms with Gasteiger partial charge in [-0.15, -0.1) is 0 Å². The maximum Gasteiger partial charge on any atom is 0.241 e. The van der Waals surface area contributed by atoms with E-state index in [1.807, 2.05) is 6.07 Å². The Kier molecular flexibility index (Phi) is 7.10. The second-order valence-electron chi connectivity index (χ2n) is 7.77. The molecular formula is C23H24ClFN4O4. The largest absolute Gasteiger partial charge is 0.493 e. The van der Waals surface area contributed by atoms with Gasteiger partial charge in [0.15, 0.2) is 11.5 Å². The van der Waals surface area contributed by atoms with Gasteiger partial charge in [-0.1, -0.05) is 16.8 Å². The van der Waals surface area contributed by atoms with Crippen LogP contribution < -0.4 is 14.8 Å². The number of amides is 1. The van der Waals surface area contributed by atoms with Gasteiger partial charge in [-0.2, -0.15) is 4.98 Å². The van der Waals surface area contributed by atoms with Crippen molar-refractivity contribution in [3.05, 3.63) is 53.1 Å². The van der Waals surface area contributed by atoms with Crippen LogP contribution in [-0.2, 0) is 11.3 Å². The Balaban J connectivity index is 1.39. The van der Waals surface area contributed by atoms with E-state index < -0.39 is 5.82 Å². The maximum atomic E-state index is 13.2. The van der Waals surface area contributed by atoms with Crippen molar-refractivity contribution in [2.45, 2.75) is 19.4 Å². The second-order valence-corrected chi connectivity index (χ2v) is 8.18. The molecule has 2 heterocycles. The van der Waals surface area contributed by atoms with Gasteiger partial charge in [-0.25, -0.2) is 4.39 Å². The molecule has 0 aliphatic carbocycles. The molecule has 4 rings (SSSR count). The molecule has 0 unspecified atom stereocenters. The van der Waals surface area contributed by atoms with Crippen LogP contribution in [0.1, 0.15) is 18.7 Å². The Labute approximate surface area is 195 Å². The summed E-state index contributed by atoms with van der Waals surface area (Å²) in [6.45, 7) is 1.79. The number of anilines is 1. The highest BCUT2D eigenvalue weighted by molar-refractivity contribution is 6.33. The predicted molar refractivity (Wildman–Crippen MR) is 121 cm³/mol. The molecule has 10 heteroatoms. The number of carbonyl (C=O) groups excluding carboxylic acids is 1. The van der Waals surface area contributed by atoms with Gasteiger partial charge >= 0.3 is 0 Å². The van der Waals surface area contributed by atoms with Gasteiger partial charge in [0, 0.05) is 12.1 Å². The lowest BCUT2D eigenvalue weighted by Crippen LogP contribution is -2.40. The average Bonchev–Trinajstić information content (AvgIpc) is 3.29. The van der Waals surface area contributed by atoms with Crippen molar-refractivity contribution < 1.29 is 23.2 Å². The van der Waals surface area contributed by atoms with E-state index in [0.29, 0.717) is 42.0 Å². The summed E-state index contributed by atoms with van der Waals surface area (Å²) in [5.74, 6) is 1.27. The summed E-state index contributed by atoms with van der Waals surface area (Å²) in [4.78, 5) is 19.3. The monoisotopic (exact) mass is 474 g/mol. The van der Waals surface area contributed by atoms with E-state index in [2.05, 4.69) is 20.4 Å². The van der Waals surface area contributed by atoms with Crippen molar-refractivity contribution in [3.8, 4) is 22.9 Å². The van der Waals surface area contributed by atoms with Gasteiger partial charge in [-0.05, 0) is 55.8 Å². The molecule has 0 spiro atoms. The van der Waals surface area contributed by atoms with E-state index >= 15 is 0 Å². The topological polar surface area (TPSA) is 89.7 Å². The van der Waals surface area contributed by atoms with E-state index in [0.717, 1.165) is 24.9 Å². The van der Waals surface area contributed by atoms with Crippen LogP contribution in [0.4, 0.5) is 10.1 Å². The molecule has 8 nitrogen and oxygen atoms in total. The number of carbonyl (C=O) groups is 1. The van der Waals surface area contributed by atoms with Crippen LogP contribution in [0.25, 0.3) is 11.4 Å². The molecule has 174 valence electrons. The minimum absolute atomic E-state index is 0.148. The highest BCUT2D eigenvalue weighted by atomic mass is 35.5. The van der Waals surface area contributed by atoms with Gasteiger partial charge in [0.2, 0.25) is 17.6 Å². The van der Waals surface area contributed by atoms with E-state index in [1.165, 1.54) is 18.2 Å². The minimum atomic E-state index is -0.450. The van der Waals surface area contributed by atoms with Crippen LogP contribution in [-0.4, -0.2) is 48.3 Å². The first-order valence-electron chi connectivity index (χ1n) is 10.5. The fraction of sp³-hybridized carbons (Fsp3) is 0.348. The van der Waals surface area contributed by atoms with Crippen molar-refractivity contribution in [1.82, 2.24) is 15.0 Å². The third kappa shape index (κ3) is 5.43. The zero-order valence-electron chi connectivity index (χ0n) is 18.3. The van der Waals surface area contributed by atoms with Crippen LogP contribution in [0.3, 0.4) is 0 Å². The molecule has 1 fully saturated rings. The molecule has 1 amide bonds. The van der Waals surface area contributed by atoms with Crippen molar-refractivity contribution in [2.24, 2.45) is 5.92 Å². The smallest absolute Gasteiger partial charge is 0.241 e. The molecule has 1 N–H and O–H groups in total. The molecule has 1 aromatic heterocycles. The van der Waals surface area contributed by atoms with Crippen LogP contribution in [0.2, 0.25) is 5.02 Å². The Morgan fingerprint density at radius 3 is 2.82 bits per heavy atom. The molecular weight excluding hydrogens is 451 g/mol. The van der Waals surface area contributed by atoms with E-state index in [9.17, 15) is 9.18 Å². The predicted octanol–water partition coefficient (Wildman–Crippen LogP) is 4.40. The molecule has 2 aromatic carbocycles. The number of ether oxygens (including phenoxy) is 2. The quantitative estimate of drug-likeness (QED) is 0.543. The number of hydrogen-bond donors (Lipinski definition) is 1. The molecule has 1 aliphatic rings. The number of likely N-dealkylation sites (tertiary alicyclic amines) is 1. The summed E-state index contributed by atoms with van der Waals surface area (Å²) in [6, 6.07) is 9.30. The number of hydrogen-bond acceptors (Lipinski definition) is 7. The van der Waals surface area contributed by atoms with Crippen molar-refractivity contribution in [1.29, 1.82) is 0 Å². The SMILES string of the molecule is COc1ccc(-c2noc(CN3CCC[C@@H](C(=O)Nc4ccc(F)cc4Cl)C3)n2)cc1OC. The summed E-state index contributed by atoms with van der Waals surface area (Å²) < 4.78 is 29.3.